The lowest BCUT2D eigenvalue weighted by atomic mass is 10.1. The van der Waals surface area contributed by atoms with Crippen LogP contribution in [-0.2, 0) is 22.5 Å². The standard InChI is InChI=1S/C15H19N3O3S/c1-11(2)21-13(19)10-22-15-17-16-14(20)18(15)9-8-12-6-4-3-5-7-12/h3-7,11H,8-10H2,1-2H3,(H,16,20). The van der Waals surface area contributed by atoms with Gasteiger partial charge in [-0.05, 0) is 25.8 Å². The zero-order valence-corrected chi connectivity index (χ0v) is 13.4. The molecular formula is C15H19N3O3S. The summed E-state index contributed by atoms with van der Waals surface area (Å²) < 4.78 is 6.60. The van der Waals surface area contributed by atoms with E-state index in [0.717, 1.165) is 12.0 Å². The van der Waals surface area contributed by atoms with Crippen LogP contribution < -0.4 is 5.69 Å². The van der Waals surface area contributed by atoms with Gasteiger partial charge in [-0.1, -0.05) is 42.1 Å². The Balaban J connectivity index is 1.96. The van der Waals surface area contributed by atoms with Gasteiger partial charge in [0.25, 0.3) is 0 Å². The molecule has 1 aromatic heterocycles. The fourth-order valence-electron chi connectivity index (χ4n) is 1.92. The monoisotopic (exact) mass is 321 g/mol. The number of rotatable bonds is 7. The van der Waals surface area contributed by atoms with Crippen molar-refractivity contribution in [1.82, 2.24) is 14.8 Å². The Kier molecular flexibility index (Phi) is 5.83. The third-order valence-corrected chi connectivity index (χ3v) is 3.83. The van der Waals surface area contributed by atoms with Crippen molar-refractivity contribution in [3.63, 3.8) is 0 Å². The van der Waals surface area contributed by atoms with E-state index >= 15 is 0 Å². The highest BCUT2D eigenvalue weighted by Gasteiger charge is 2.12. The Bertz CT molecular complexity index is 664. The Morgan fingerprint density at radius 1 is 1.36 bits per heavy atom. The molecule has 0 atom stereocenters. The van der Waals surface area contributed by atoms with Crippen LogP contribution in [0.1, 0.15) is 19.4 Å². The molecule has 0 amide bonds. The number of H-pyrrole nitrogens is 1. The summed E-state index contributed by atoms with van der Waals surface area (Å²) in [6.07, 6.45) is 0.581. The molecule has 1 N–H and O–H groups in total. The third-order valence-electron chi connectivity index (χ3n) is 2.88. The summed E-state index contributed by atoms with van der Waals surface area (Å²) in [7, 11) is 0. The summed E-state index contributed by atoms with van der Waals surface area (Å²) in [4.78, 5) is 23.4. The van der Waals surface area contributed by atoms with Gasteiger partial charge in [0.05, 0.1) is 11.9 Å². The highest BCUT2D eigenvalue weighted by atomic mass is 32.2. The fourth-order valence-corrected chi connectivity index (χ4v) is 2.67. The molecule has 0 bridgehead atoms. The molecule has 7 heteroatoms. The molecule has 0 fully saturated rings. The maximum atomic E-state index is 11.8. The molecule has 0 radical (unpaired) electrons. The Morgan fingerprint density at radius 2 is 2.09 bits per heavy atom. The van der Waals surface area contributed by atoms with Crippen molar-refractivity contribution in [2.45, 2.75) is 38.1 Å². The van der Waals surface area contributed by atoms with Crippen LogP contribution in [0.25, 0.3) is 0 Å². The molecule has 0 aliphatic carbocycles. The van der Waals surface area contributed by atoms with Gasteiger partial charge in [0.1, 0.15) is 0 Å². The number of hydrogen-bond acceptors (Lipinski definition) is 5. The Labute approximate surface area is 132 Å². The highest BCUT2D eigenvalue weighted by molar-refractivity contribution is 7.99. The van der Waals surface area contributed by atoms with E-state index in [1.807, 2.05) is 30.3 Å². The average molecular weight is 321 g/mol. The van der Waals surface area contributed by atoms with Crippen molar-refractivity contribution in [3.8, 4) is 0 Å². The first-order chi connectivity index (χ1) is 10.6. The number of aromatic amines is 1. The first-order valence-corrected chi connectivity index (χ1v) is 8.06. The second-order valence-corrected chi connectivity index (χ2v) is 5.97. The maximum Gasteiger partial charge on any atom is 0.343 e. The van der Waals surface area contributed by atoms with E-state index in [4.69, 9.17) is 4.74 Å². The molecule has 0 aliphatic heterocycles. The molecule has 0 saturated heterocycles. The summed E-state index contributed by atoms with van der Waals surface area (Å²) in [6, 6.07) is 9.90. The van der Waals surface area contributed by atoms with Crippen LogP contribution in [0.15, 0.2) is 40.3 Å². The smallest absolute Gasteiger partial charge is 0.343 e. The van der Waals surface area contributed by atoms with E-state index in [1.54, 1.807) is 18.4 Å². The molecule has 2 aromatic rings. The minimum absolute atomic E-state index is 0.133. The Hall–Kier alpha value is -2.02. The van der Waals surface area contributed by atoms with Gasteiger partial charge >= 0.3 is 11.7 Å². The molecule has 22 heavy (non-hydrogen) atoms. The average Bonchev–Trinajstić information content (AvgIpc) is 2.84. The minimum Gasteiger partial charge on any atom is -0.462 e. The molecule has 0 aliphatic rings. The van der Waals surface area contributed by atoms with Crippen LogP contribution in [0, 0.1) is 0 Å². The van der Waals surface area contributed by atoms with E-state index in [9.17, 15) is 9.59 Å². The summed E-state index contributed by atoms with van der Waals surface area (Å²) in [5.41, 5.74) is 0.876. The molecular weight excluding hydrogens is 302 g/mol. The molecule has 1 heterocycles. The van der Waals surface area contributed by atoms with Gasteiger partial charge in [-0.2, -0.15) is 0 Å². The topological polar surface area (TPSA) is 77.0 Å². The quantitative estimate of drug-likeness (QED) is 0.622. The number of nitrogens with zero attached hydrogens (tertiary/aromatic N) is 2. The van der Waals surface area contributed by atoms with Crippen LogP contribution in [0.3, 0.4) is 0 Å². The summed E-state index contributed by atoms with van der Waals surface area (Å²) in [5.74, 6) is -0.182. The zero-order valence-electron chi connectivity index (χ0n) is 12.6. The summed E-state index contributed by atoms with van der Waals surface area (Å²) >= 11 is 1.20. The zero-order chi connectivity index (χ0) is 15.9. The van der Waals surface area contributed by atoms with E-state index in [2.05, 4.69) is 10.2 Å². The largest absolute Gasteiger partial charge is 0.462 e. The lowest BCUT2D eigenvalue weighted by Crippen LogP contribution is -2.19. The number of ether oxygens (including phenoxy) is 1. The number of hydrogen-bond donors (Lipinski definition) is 1. The number of thioether (sulfide) groups is 1. The van der Waals surface area contributed by atoms with Crippen LogP contribution >= 0.6 is 11.8 Å². The molecule has 2 rings (SSSR count). The van der Waals surface area contributed by atoms with E-state index in [1.165, 1.54) is 11.8 Å². The van der Waals surface area contributed by atoms with E-state index < -0.39 is 0 Å². The number of aromatic nitrogens is 3. The summed E-state index contributed by atoms with van der Waals surface area (Å²) in [6.45, 7) is 4.11. The first-order valence-electron chi connectivity index (χ1n) is 7.07. The van der Waals surface area contributed by atoms with Crippen LogP contribution in [0.5, 0.6) is 0 Å². The lowest BCUT2D eigenvalue weighted by Gasteiger charge is -2.08. The number of esters is 1. The number of carbonyl (C=O) groups excluding carboxylic acids is 1. The molecule has 0 saturated carbocycles. The van der Waals surface area contributed by atoms with Crippen LogP contribution in [0.4, 0.5) is 0 Å². The van der Waals surface area contributed by atoms with Crippen molar-refractivity contribution in [3.05, 3.63) is 46.4 Å². The SMILES string of the molecule is CC(C)OC(=O)CSc1n[nH]c(=O)n1CCc1ccccc1. The predicted octanol–water partition coefficient (Wildman–Crippen LogP) is 1.86. The van der Waals surface area contributed by atoms with Crippen molar-refractivity contribution < 1.29 is 9.53 Å². The van der Waals surface area contributed by atoms with E-state index in [-0.39, 0.29) is 23.5 Å². The second kappa shape index (κ2) is 7.84. The van der Waals surface area contributed by atoms with Crippen molar-refractivity contribution in [2.24, 2.45) is 0 Å². The summed E-state index contributed by atoms with van der Waals surface area (Å²) in [5, 5.41) is 6.88. The molecule has 1 aromatic carbocycles. The van der Waals surface area contributed by atoms with Gasteiger partial charge in [-0.15, -0.1) is 5.10 Å². The van der Waals surface area contributed by atoms with Gasteiger partial charge in [0.2, 0.25) is 0 Å². The molecule has 0 spiro atoms. The number of benzene rings is 1. The predicted molar refractivity (Wildman–Crippen MR) is 84.9 cm³/mol. The van der Waals surface area contributed by atoms with Gasteiger partial charge in [-0.3, -0.25) is 9.36 Å². The fraction of sp³-hybridized carbons (Fsp3) is 0.400. The number of carbonyl (C=O) groups is 1. The highest BCUT2D eigenvalue weighted by Crippen LogP contribution is 2.14. The minimum atomic E-state index is -0.315. The lowest BCUT2D eigenvalue weighted by molar-refractivity contribution is -0.144. The van der Waals surface area contributed by atoms with Crippen LogP contribution in [0.2, 0.25) is 0 Å². The normalized spacial score (nSPS) is 10.9. The van der Waals surface area contributed by atoms with Gasteiger partial charge in [0.15, 0.2) is 5.16 Å². The Morgan fingerprint density at radius 3 is 2.77 bits per heavy atom. The maximum absolute atomic E-state index is 11.8. The van der Waals surface area contributed by atoms with Crippen molar-refractivity contribution >= 4 is 17.7 Å². The van der Waals surface area contributed by atoms with Crippen molar-refractivity contribution in [1.29, 1.82) is 0 Å². The third kappa shape index (κ3) is 4.77. The molecule has 118 valence electrons. The first kappa shape index (κ1) is 16.4. The second-order valence-electron chi connectivity index (χ2n) is 5.03. The van der Waals surface area contributed by atoms with Crippen molar-refractivity contribution in [2.75, 3.05) is 5.75 Å². The number of nitrogens with one attached hydrogen (secondary N) is 1. The van der Waals surface area contributed by atoms with Gasteiger partial charge in [0, 0.05) is 6.54 Å². The van der Waals surface area contributed by atoms with Crippen LogP contribution in [-0.4, -0.2) is 32.6 Å². The van der Waals surface area contributed by atoms with Gasteiger partial charge < -0.3 is 4.74 Å². The van der Waals surface area contributed by atoms with E-state index in [0.29, 0.717) is 11.7 Å². The number of aryl methyl sites for hydroxylation is 1. The molecule has 0 unspecified atom stereocenters. The molecule has 6 nitrogen and oxygen atoms in total. The van der Waals surface area contributed by atoms with Gasteiger partial charge in [-0.25, -0.2) is 9.89 Å².